The van der Waals surface area contributed by atoms with Crippen molar-refractivity contribution in [3.63, 3.8) is 0 Å². The molecule has 24 heavy (non-hydrogen) atoms. The highest BCUT2D eigenvalue weighted by atomic mass is 31.2. The second kappa shape index (κ2) is 10.3. The fourth-order valence-electron chi connectivity index (χ4n) is 2.54. The lowest BCUT2D eigenvalue weighted by Gasteiger charge is -2.16. The molecular formula is C17H25O6P. The van der Waals surface area contributed by atoms with Crippen molar-refractivity contribution in [1.29, 1.82) is 0 Å². The molecule has 0 aliphatic heterocycles. The lowest BCUT2D eigenvalue weighted by Crippen LogP contribution is -2.15. The molecule has 0 amide bonds. The molecule has 6 nitrogen and oxygen atoms in total. The molecule has 0 aliphatic carbocycles. The van der Waals surface area contributed by atoms with Gasteiger partial charge in [0.2, 0.25) is 7.37 Å². The summed E-state index contributed by atoms with van der Waals surface area (Å²) in [6.07, 6.45) is 2.46. The minimum absolute atomic E-state index is 0.0199. The molecule has 0 saturated carbocycles. The summed E-state index contributed by atoms with van der Waals surface area (Å²) in [5.74, 6) is -2.48. The van der Waals surface area contributed by atoms with E-state index in [0.717, 1.165) is 5.56 Å². The Labute approximate surface area is 142 Å². The zero-order valence-electron chi connectivity index (χ0n) is 13.6. The predicted octanol–water partition coefficient (Wildman–Crippen LogP) is 3.58. The van der Waals surface area contributed by atoms with Gasteiger partial charge in [-0.25, -0.2) is 0 Å². The number of rotatable bonds is 12. The van der Waals surface area contributed by atoms with Crippen LogP contribution in [0.3, 0.4) is 0 Å². The van der Waals surface area contributed by atoms with Crippen LogP contribution < -0.4 is 0 Å². The molecule has 0 spiro atoms. The number of hydrogen-bond acceptors (Lipinski definition) is 3. The largest absolute Gasteiger partial charge is 0.481 e. The van der Waals surface area contributed by atoms with Crippen LogP contribution in [0.1, 0.15) is 44.1 Å². The standard InChI is InChI=1S/C17H25O6P/c18-16(19)10-6-2-5-9-15(17(20)21)11-12-24(22,23)13-14-7-3-1-4-8-14/h1,3-4,7-8,15H,2,5-6,9-13H2,(H,18,19)(H,20,21)(H,22,23). The van der Waals surface area contributed by atoms with Crippen LogP contribution >= 0.6 is 7.37 Å². The van der Waals surface area contributed by atoms with Gasteiger partial charge in [-0.1, -0.05) is 43.2 Å². The maximum absolute atomic E-state index is 12.3. The van der Waals surface area contributed by atoms with Crippen molar-refractivity contribution >= 4 is 19.3 Å². The van der Waals surface area contributed by atoms with E-state index in [2.05, 4.69) is 0 Å². The minimum Gasteiger partial charge on any atom is -0.481 e. The van der Waals surface area contributed by atoms with Crippen molar-refractivity contribution in [2.45, 2.75) is 44.7 Å². The Morgan fingerprint density at radius 3 is 2.25 bits per heavy atom. The molecule has 0 saturated heterocycles. The van der Waals surface area contributed by atoms with Gasteiger partial charge in [0, 0.05) is 18.7 Å². The molecule has 1 rings (SSSR count). The highest BCUT2D eigenvalue weighted by Crippen LogP contribution is 2.45. The van der Waals surface area contributed by atoms with Gasteiger partial charge in [-0.05, 0) is 24.8 Å². The summed E-state index contributed by atoms with van der Waals surface area (Å²) in [5, 5.41) is 17.8. The molecule has 0 heterocycles. The van der Waals surface area contributed by atoms with Crippen molar-refractivity contribution in [3.8, 4) is 0 Å². The molecule has 7 heteroatoms. The predicted molar refractivity (Wildman–Crippen MR) is 91.3 cm³/mol. The zero-order chi connectivity index (χ0) is 18.0. The molecule has 1 aromatic rings. The average Bonchev–Trinajstić information content (AvgIpc) is 2.49. The van der Waals surface area contributed by atoms with Gasteiger partial charge in [0.25, 0.3) is 0 Å². The molecule has 0 aromatic heterocycles. The highest BCUT2D eigenvalue weighted by Gasteiger charge is 2.24. The molecular weight excluding hydrogens is 331 g/mol. The van der Waals surface area contributed by atoms with Crippen LogP contribution in [0.4, 0.5) is 0 Å². The normalized spacial score (nSPS) is 14.7. The molecule has 134 valence electrons. The molecule has 2 atom stereocenters. The summed E-state index contributed by atoms with van der Waals surface area (Å²) < 4.78 is 12.3. The van der Waals surface area contributed by atoms with Gasteiger partial charge in [0.15, 0.2) is 0 Å². The Morgan fingerprint density at radius 1 is 1.00 bits per heavy atom. The quantitative estimate of drug-likeness (QED) is 0.390. The summed E-state index contributed by atoms with van der Waals surface area (Å²) in [5.41, 5.74) is 0.767. The first-order chi connectivity index (χ1) is 11.3. The minimum atomic E-state index is -3.41. The van der Waals surface area contributed by atoms with Crippen LogP contribution in [0.5, 0.6) is 0 Å². The van der Waals surface area contributed by atoms with E-state index in [1.54, 1.807) is 24.3 Å². The first-order valence-electron chi connectivity index (χ1n) is 8.09. The van der Waals surface area contributed by atoms with E-state index in [1.807, 2.05) is 6.07 Å². The third-order valence-corrected chi connectivity index (χ3v) is 5.71. The Hall–Kier alpha value is -1.65. The van der Waals surface area contributed by atoms with E-state index < -0.39 is 25.2 Å². The van der Waals surface area contributed by atoms with Crippen LogP contribution in [-0.2, 0) is 20.3 Å². The SMILES string of the molecule is O=C(O)CCCCCC(CCP(=O)(O)Cc1ccccc1)C(=O)O. The van der Waals surface area contributed by atoms with E-state index in [9.17, 15) is 24.2 Å². The molecule has 2 unspecified atom stereocenters. The third kappa shape index (κ3) is 8.85. The second-order valence-electron chi connectivity index (χ2n) is 6.03. The van der Waals surface area contributed by atoms with E-state index in [-0.39, 0.29) is 25.2 Å². The van der Waals surface area contributed by atoms with Crippen molar-refractivity contribution in [2.75, 3.05) is 6.16 Å². The van der Waals surface area contributed by atoms with E-state index in [1.165, 1.54) is 0 Å². The maximum Gasteiger partial charge on any atom is 0.306 e. The van der Waals surface area contributed by atoms with Gasteiger partial charge in [0.05, 0.1) is 5.92 Å². The second-order valence-corrected chi connectivity index (χ2v) is 8.49. The van der Waals surface area contributed by atoms with Gasteiger partial charge in [-0.2, -0.15) is 0 Å². The topological polar surface area (TPSA) is 112 Å². The molecule has 1 aromatic carbocycles. The maximum atomic E-state index is 12.3. The number of carbonyl (C=O) groups is 2. The first kappa shape index (κ1) is 20.4. The van der Waals surface area contributed by atoms with E-state index >= 15 is 0 Å². The summed E-state index contributed by atoms with van der Waals surface area (Å²) in [6, 6.07) is 8.98. The van der Waals surface area contributed by atoms with Crippen LogP contribution in [0.2, 0.25) is 0 Å². The number of hydrogen-bond donors (Lipinski definition) is 3. The van der Waals surface area contributed by atoms with Crippen molar-refractivity contribution in [1.82, 2.24) is 0 Å². The first-order valence-corrected chi connectivity index (χ1v) is 10.1. The number of aliphatic carboxylic acids is 2. The Kier molecular flexibility index (Phi) is 8.72. The smallest absolute Gasteiger partial charge is 0.306 e. The van der Waals surface area contributed by atoms with Gasteiger partial charge < -0.3 is 15.1 Å². The summed E-state index contributed by atoms with van der Waals surface area (Å²) >= 11 is 0. The van der Waals surface area contributed by atoms with Crippen LogP contribution in [0, 0.1) is 5.92 Å². The summed E-state index contributed by atoms with van der Waals surface area (Å²) in [6.45, 7) is 0. The monoisotopic (exact) mass is 356 g/mol. The fourth-order valence-corrected chi connectivity index (χ4v) is 4.19. The molecule has 0 fully saturated rings. The lowest BCUT2D eigenvalue weighted by molar-refractivity contribution is -0.142. The average molecular weight is 356 g/mol. The molecule has 0 aliphatic rings. The Bertz CT molecular complexity index is 572. The van der Waals surface area contributed by atoms with Gasteiger partial charge >= 0.3 is 11.9 Å². The Morgan fingerprint density at radius 2 is 1.67 bits per heavy atom. The fraction of sp³-hybridized carbons (Fsp3) is 0.529. The number of benzene rings is 1. The zero-order valence-corrected chi connectivity index (χ0v) is 14.5. The molecule has 3 N–H and O–H groups in total. The third-order valence-electron chi connectivity index (χ3n) is 3.89. The van der Waals surface area contributed by atoms with Gasteiger partial charge in [-0.15, -0.1) is 0 Å². The Balaban J connectivity index is 2.40. The summed E-state index contributed by atoms with van der Waals surface area (Å²) in [4.78, 5) is 31.8. The van der Waals surface area contributed by atoms with Crippen molar-refractivity contribution in [2.24, 2.45) is 5.92 Å². The van der Waals surface area contributed by atoms with Crippen LogP contribution in [0.15, 0.2) is 30.3 Å². The molecule has 0 radical (unpaired) electrons. The van der Waals surface area contributed by atoms with Gasteiger partial charge in [-0.3, -0.25) is 14.2 Å². The number of carboxylic acids is 2. The highest BCUT2D eigenvalue weighted by molar-refractivity contribution is 7.57. The van der Waals surface area contributed by atoms with E-state index in [0.29, 0.717) is 25.7 Å². The van der Waals surface area contributed by atoms with E-state index in [4.69, 9.17) is 5.11 Å². The van der Waals surface area contributed by atoms with Crippen LogP contribution in [0.25, 0.3) is 0 Å². The molecule has 0 bridgehead atoms. The number of carboxylic acid groups (broad SMARTS) is 2. The van der Waals surface area contributed by atoms with Crippen molar-refractivity contribution < 1.29 is 29.3 Å². The van der Waals surface area contributed by atoms with Crippen LogP contribution in [-0.4, -0.2) is 33.2 Å². The number of unbranched alkanes of at least 4 members (excludes halogenated alkanes) is 2. The van der Waals surface area contributed by atoms with Crippen molar-refractivity contribution in [3.05, 3.63) is 35.9 Å². The lowest BCUT2D eigenvalue weighted by atomic mass is 9.98. The summed E-state index contributed by atoms with van der Waals surface area (Å²) in [7, 11) is -3.41. The van der Waals surface area contributed by atoms with Gasteiger partial charge in [0.1, 0.15) is 0 Å².